The summed E-state index contributed by atoms with van der Waals surface area (Å²) in [4.78, 5) is 23.5. The Bertz CT molecular complexity index is 1270. The van der Waals surface area contributed by atoms with Gasteiger partial charge in [0.15, 0.2) is 5.82 Å². The van der Waals surface area contributed by atoms with Crippen molar-refractivity contribution in [2.75, 3.05) is 4.90 Å². The monoisotopic (exact) mass is 440 g/mol. The van der Waals surface area contributed by atoms with Crippen LogP contribution in [-0.2, 0) is 12.8 Å². The Morgan fingerprint density at radius 1 is 0.909 bits per heavy atom. The van der Waals surface area contributed by atoms with Gasteiger partial charge in [-0.1, -0.05) is 74.5 Å². The number of primary amides is 1. The zero-order chi connectivity index (χ0) is 23.4. The van der Waals surface area contributed by atoms with E-state index in [4.69, 9.17) is 10.7 Å². The fourth-order valence-corrected chi connectivity index (χ4v) is 3.97. The van der Waals surface area contributed by atoms with Crippen molar-refractivity contribution < 1.29 is 9.18 Å². The van der Waals surface area contributed by atoms with E-state index in [1.165, 1.54) is 11.0 Å². The Balaban J connectivity index is 2.02. The fraction of sp³-hybridized carbons (Fsp3) is 0.148. The van der Waals surface area contributed by atoms with Gasteiger partial charge in [-0.3, -0.25) is 4.90 Å². The van der Waals surface area contributed by atoms with E-state index in [0.717, 1.165) is 16.7 Å². The Kier molecular flexibility index (Phi) is 6.45. The summed E-state index contributed by atoms with van der Waals surface area (Å²) in [6.07, 6.45) is 2.95. The van der Waals surface area contributed by atoms with Crippen LogP contribution < -0.4 is 10.6 Å². The van der Waals surface area contributed by atoms with Gasteiger partial charge in [-0.2, -0.15) is 0 Å². The van der Waals surface area contributed by atoms with Crippen LogP contribution in [0.5, 0.6) is 0 Å². The topological polar surface area (TPSA) is 72.1 Å². The number of halogens is 1. The lowest BCUT2D eigenvalue weighted by Gasteiger charge is -2.27. The Morgan fingerprint density at radius 3 is 2.15 bits per heavy atom. The highest BCUT2D eigenvalue weighted by Gasteiger charge is 2.26. The molecule has 4 rings (SSSR count). The molecule has 0 spiro atoms. The van der Waals surface area contributed by atoms with E-state index in [0.29, 0.717) is 35.7 Å². The second-order valence-electron chi connectivity index (χ2n) is 7.58. The number of hydrogen-bond acceptors (Lipinski definition) is 3. The molecule has 0 aliphatic heterocycles. The molecule has 2 N–H and O–H groups in total. The SMILES string of the molecule is CCc1cccc(CC)c1N(C(N)=O)c1cnc(-c2ccccc2)nc1-c1ccccc1F. The molecule has 0 saturated heterocycles. The third-order valence-electron chi connectivity index (χ3n) is 5.58. The Hall–Kier alpha value is -4.06. The highest BCUT2D eigenvalue weighted by molar-refractivity contribution is 6.03. The molecule has 0 atom stereocenters. The summed E-state index contributed by atoms with van der Waals surface area (Å²) in [7, 11) is 0. The zero-order valence-electron chi connectivity index (χ0n) is 18.6. The van der Waals surface area contributed by atoms with Gasteiger partial charge in [0.25, 0.3) is 0 Å². The molecule has 1 aromatic heterocycles. The van der Waals surface area contributed by atoms with E-state index in [9.17, 15) is 9.18 Å². The van der Waals surface area contributed by atoms with Crippen molar-refractivity contribution in [1.29, 1.82) is 0 Å². The van der Waals surface area contributed by atoms with Gasteiger partial charge < -0.3 is 5.73 Å². The minimum Gasteiger partial charge on any atom is -0.351 e. The number of nitrogens with zero attached hydrogens (tertiary/aromatic N) is 3. The Labute approximate surface area is 192 Å². The molecule has 0 bridgehead atoms. The first-order chi connectivity index (χ1) is 16.0. The second-order valence-corrected chi connectivity index (χ2v) is 7.58. The van der Waals surface area contributed by atoms with Crippen molar-refractivity contribution in [3.05, 3.63) is 95.9 Å². The molecule has 0 radical (unpaired) electrons. The molecule has 0 fully saturated rings. The first-order valence-corrected chi connectivity index (χ1v) is 10.9. The first kappa shape index (κ1) is 22.1. The lowest BCUT2D eigenvalue weighted by Crippen LogP contribution is -2.33. The molecule has 33 heavy (non-hydrogen) atoms. The van der Waals surface area contributed by atoms with Crippen LogP contribution in [0.25, 0.3) is 22.6 Å². The van der Waals surface area contributed by atoms with Gasteiger partial charge in [-0.05, 0) is 36.1 Å². The molecule has 0 saturated carbocycles. The molecule has 166 valence electrons. The van der Waals surface area contributed by atoms with Crippen molar-refractivity contribution in [2.45, 2.75) is 26.7 Å². The van der Waals surface area contributed by atoms with Crippen LogP contribution in [0.2, 0.25) is 0 Å². The quantitative estimate of drug-likeness (QED) is 0.383. The van der Waals surface area contributed by atoms with Crippen LogP contribution in [0, 0.1) is 5.82 Å². The van der Waals surface area contributed by atoms with Crippen molar-refractivity contribution in [3.8, 4) is 22.6 Å². The zero-order valence-corrected chi connectivity index (χ0v) is 18.6. The number of carbonyl (C=O) groups is 1. The van der Waals surface area contributed by atoms with Crippen molar-refractivity contribution in [1.82, 2.24) is 9.97 Å². The lowest BCUT2D eigenvalue weighted by atomic mass is 10.0. The normalized spacial score (nSPS) is 10.8. The number of aromatic nitrogens is 2. The van der Waals surface area contributed by atoms with Crippen molar-refractivity contribution >= 4 is 17.4 Å². The maximum atomic E-state index is 15.0. The van der Waals surface area contributed by atoms with E-state index in [1.54, 1.807) is 24.4 Å². The van der Waals surface area contributed by atoms with E-state index >= 15 is 0 Å². The van der Waals surface area contributed by atoms with E-state index in [1.807, 2.05) is 62.4 Å². The molecule has 4 aromatic rings. The maximum absolute atomic E-state index is 15.0. The number of benzene rings is 3. The lowest BCUT2D eigenvalue weighted by molar-refractivity contribution is 0.256. The minimum absolute atomic E-state index is 0.269. The van der Waals surface area contributed by atoms with Crippen LogP contribution in [0.3, 0.4) is 0 Å². The maximum Gasteiger partial charge on any atom is 0.324 e. The number of para-hydroxylation sites is 1. The molecular formula is C27H25FN4O. The summed E-state index contributed by atoms with van der Waals surface area (Å²) >= 11 is 0. The average molecular weight is 441 g/mol. The number of amides is 2. The van der Waals surface area contributed by atoms with E-state index < -0.39 is 11.8 Å². The second kappa shape index (κ2) is 9.61. The Morgan fingerprint density at radius 2 is 1.55 bits per heavy atom. The summed E-state index contributed by atoms with van der Waals surface area (Å²) in [5.41, 5.74) is 10.2. The molecule has 0 aliphatic carbocycles. The van der Waals surface area contributed by atoms with Gasteiger partial charge in [0.1, 0.15) is 11.5 Å². The number of anilines is 2. The third-order valence-corrected chi connectivity index (χ3v) is 5.58. The van der Waals surface area contributed by atoms with Gasteiger partial charge in [0, 0.05) is 11.1 Å². The van der Waals surface area contributed by atoms with Crippen molar-refractivity contribution in [2.24, 2.45) is 5.73 Å². The number of urea groups is 1. The highest BCUT2D eigenvalue weighted by atomic mass is 19.1. The number of nitrogens with two attached hydrogens (primary N) is 1. The van der Waals surface area contributed by atoms with E-state index in [-0.39, 0.29) is 5.56 Å². The summed E-state index contributed by atoms with van der Waals surface area (Å²) in [5.74, 6) is -0.0121. The summed E-state index contributed by atoms with van der Waals surface area (Å²) in [5, 5.41) is 0. The average Bonchev–Trinajstić information content (AvgIpc) is 2.85. The van der Waals surface area contributed by atoms with Crippen LogP contribution in [-0.4, -0.2) is 16.0 Å². The summed E-state index contributed by atoms with van der Waals surface area (Å²) < 4.78 is 15.0. The molecule has 5 nitrogen and oxygen atoms in total. The predicted octanol–water partition coefficient (Wildman–Crippen LogP) is 6.29. The largest absolute Gasteiger partial charge is 0.351 e. The number of aryl methyl sites for hydroxylation is 2. The number of rotatable bonds is 6. The van der Waals surface area contributed by atoms with Gasteiger partial charge in [-0.15, -0.1) is 0 Å². The fourth-order valence-electron chi connectivity index (χ4n) is 3.97. The smallest absolute Gasteiger partial charge is 0.324 e. The molecule has 3 aromatic carbocycles. The summed E-state index contributed by atoms with van der Waals surface area (Å²) in [6.45, 7) is 4.04. The number of hydrogen-bond donors (Lipinski definition) is 1. The van der Waals surface area contributed by atoms with Gasteiger partial charge in [0.2, 0.25) is 0 Å². The first-order valence-electron chi connectivity index (χ1n) is 10.9. The van der Waals surface area contributed by atoms with Crippen LogP contribution >= 0.6 is 0 Å². The van der Waals surface area contributed by atoms with E-state index in [2.05, 4.69) is 4.98 Å². The van der Waals surface area contributed by atoms with Gasteiger partial charge in [0.05, 0.1) is 17.6 Å². The molecule has 0 unspecified atom stereocenters. The number of carbonyl (C=O) groups excluding carboxylic acids is 1. The molecule has 2 amide bonds. The highest BCUT2D eigenvalue weighted by Crippen LogP contribution is 2.39. The molecule has 0 aliphatic rings. The minimum atomic E-state index is -0.681. The van der Waals surface area contributed by atoms with Crippen LogP contribution in [0.15, 0.2) is 79.0 Å². The molecule has 6 heteroatoms. The van der Waals surface area contributed by atoms with Gasteiger partial charge in [-0.25, -0.2) is 19.2 Å². The van der Waals surface area contributed by atoms with Crippen molar-refractivity contribution in [3.63, 3.8) is 0 Å². The van der Waals surface area contributed by atoms with Crippen LogP contribution in [0.4, 0.5) is 20.6 Å². The molecule has 1 heterocycles. The molecular weight excluding hydrogens is 415 g/mol. The third kappa shape index (κ3) is 4.32. The standard InChI is InChI=1S/C27H25FN4O/c1-3-18-13-10-14-19(4-2)25(18)32(27(29)33)23-17-30-26(20-11-6-5-7-12-20)31-24(23)21-15-8-9-16-22(21)28/h5-17H,3-4H2,1-2H3,(H2,29,33). The van der Waals surface area contributed by atoms with Crippen LogP contribution in [0.1, 0.15) is 25.0 Å². The summed E-state index contributed by atoms with van der Waals surface area (Å²) in [6, 6.07) is 21.0. The van der Waals surface area contributed by atoms with Gasteiger partial charge >= 0.3 is 6.03 Å². The predicted molar refractivity (Wildman–Crippen MR) is 130 cm³/mol.